The summed E-state index contributed by atoms with van der Waals surface area (Å²) in [6.07, 6.45) is 3.15. The second-order valence-corrected chi connectivity index (χ2v) is 5.85. The Hall–Kier alpha value is -3.42. The number of hydrogen-bond donors (Lipinski definition) is 2. The molecule has 3 heterocycles. The first-order valence-corrected chi connectivity index (χ1v) is 7.87. The van der Waals surface area contributed by atoms with Crippen LogP contribution in [0.25, 0.3) is 11.3 Å². The molecule has 2 amide bonds. The molecule has 1 aromatic carbocycles. The number of nitrogens with zero attached hydrogens (tertiary/aromatic N) is 4. The van der Waals surface area contributed by atoms with Crippen molar-refractivity contribution >= 4 is 11.8 Å². The third-order valence-electron chi connectivity index (χ3n) is 4.35. The van der Waals surface area contributed by atoms with Gasteiger partial charge in [0.15, 0.2) is 0 Å². The van der Waals surface area contributed by atoms with E-state index in [1.54, 1.807) is 27.8 Å². The van der Waals surface area contributed by atoms with Gasteiger partial charge in [-0.05, 0) is 23.8 Å². The Bertz CT molecular complexity index is 927. The van der Waals surface area contributed by atoms with Crippen molar-refractivity contribution in [1.29, 1.82) is 0 Å². The van der Waals surface area contributed by atoms with E-state index < -0.39 is 5.91 Å². The average molecular weight is 336 g/mol. The van der Waals surface area contributed by atoms with Crippen LogP contribution in [0, 0.1) is 0 Å². The monoisotopic (exact) mass is 336 g/mol. The SMILES string of the molecule is NC(=O)c1cnc2n1CCN(C(=O)c1ccc(-c3ccn[nH]3)cc1)C2. The zero-order valence-corrected chi connectivity index (χ0v) is 13.3. The summed E-state index contributed by atoms with van der Waals surface area (Å²) in [5.74, 6) is 0.0986. The summed E-state index contributed by atoms with van der Waals surface area (Å²) in [6.45, 7) is 1.37. The molecule has 0 bridgehead atoms. The molecule has 0 atom stereocenters. The van der Waals surface area contributed by atoms with Crippen molar-refractivity contribution in [1.82, 2.24) is 24.6 Å². The third-order valence-corrected chi connectivity index (χ3v) is 4.35. The summed E-state index contributed by atoms with van der Waals surface area (Å²) in [5, 5.41) is 6.82. The van der Waals surface area contributed by atoms with E-state index in [-0.39, 0.29) is 5.91 Å². The van der Waals surface area contributed by atoms with Gasteiger partial charge in [-0.25, -0.2) is 4.98 Å². The van der Waals surface area contributed by atoms with Gasteiger partial charge in [-0.2, -0.15) is 5.10 Å². The number of nitrogens with one attached hydrogen (secondary N) is 1. The number of imidazole rings is 1. The molecule has 0 radical (unpaired) electrons. The molecule has 1 aliphatic rings. The molecule has 0 saturated carbocycles. The van der Waals surface area contributed by atoms with Crippen molar-refractivity contribution in [3.63, 3.8) is 0 Å². The largest absolute Gasteiger partial charge is 0.364 e. The van der Waals surface area contributed by atoms with E-state index in [1.807, 2.05) is 18.2 Å². The lowest BCUT2D eigenvalue weighted by atomic mass is 10.1. The predicted octanol–water partition coefficient (Wildman–Crippen LogP) is 1.03. The Kier molecular flexibility index (Phi) is 3.57. The number of aromatic nitrogens is 4. The number of H-pyrrole nitrogens is 1. The van der Waals surface area contributed by atoms with Crippen molar-refractivity contribution in [3.8, 4) is 11.3 Å². The van der Waals surface area contributed by atoms with E-state index in [0.29, 0.717) is 36.7 Å². The molecule has 3 aromatic rings. The van der Waals surface area contributed by atoms with E-state index in [9.17, 15) is 9.59 Å². The molecule has 0 unspecified atom stereocenters. The van der Waals surface area contributed by atoms with E-state index in [1.165, 1.54) is 6.20 Å². The maximum atomic E-state index is 12.7. The van der Waals surface area contributed by atoms with Crippen molar-refractivity contribution in [2.45, 2.75) is 13.1 Å². The number of nitrogens with two attached hydrogens (primary N) is 1. The van der Waals surface area contributed by atoms with E-state index in [0.717, 1.165) is 11.3 Å². The summed E-state index contributed by atoms with van der Waals surface area (Å²) in [7, 11) is 0. The Labute approximate surface area is 143 Å². The molecular weight excluding hydrogens is 320 g/mol. The molecular formula is C17H16N6O2. The summed E-state index contributed by atoms with van der Waals surface area (Å²) >= 11 is 0. The minimum absolute atomic E-state index is 0.0639. The van der Waals surface area contributed by atoms with Crippen molar-refractivity contribution in [2.24, 2.45) is 5.73 Å². The van der Waals surface area contributed by atoms with Crippen LogP contribution in [0.5, 0.6) is 0 Å². The van der Waals surface area contributed by atoms with Crippen molar-refractivity contribution in [3.05, 3.63) is 59.8 Å². The first kappa shape index (κ1) is 15.1. The number of aromatic amines is 1. The van der Waals surface area contributed by atoms with Gasteiger partial charge in [-0.1, -0.05) is 12.1 Å². The van der Waals surface area contributed by atoms with Gasteiger partial charge in [-0.15, -0.1) is 0 Å². The second kappa shape index (κ2) is 5.90. The number of rotatable bonds is 3. The molecule has 25 heavy (non-hydrogen) atoms. The number of hydrogen-bond acceptors (Lipinski definition) is 4. The Morgan fingerprint density at radius 3 is 2.60 bits per heavy atom. The lowest BCUT2D eigenvalue weighted by Crippen LogP contribution is -2.39. The van der Waals surface area contributed by atoms with Crippen LogP contribution in [0.2, 0.25) is 0 Å². The highest BCUT2D eigenvalue weighted by Crippen LogP contribution is 2.20. The number of fused-ring (bicyclic) bond motifs is 1. The smallest absolute Gasteiger partial charge is 0.266 e. The van der Waals surface area contributed by atoms with Crippen LogP contribution in [0.4, 0.5) is 0 Å². The highest BCUT2D eigenvalue weighted by molar-refractivity contribution is 5.95. The van der Waals surface area contributed by atoms with Gasteiger partial charge in [0.2, 0.25) is 0 Å². The maximum absolute atomic E-state index is 12.7. The first-order chi connectivity index (χ1) is 12.1. The zero-order valence-electron chi connectivity index (χ0n) is 13.3. The van der Waals surface area contributed by atoms with Gasteiger partial charge in [0.1, 0.15) is 11.5 Å². The summed E-state index contributed by atoms with van der Waals surface area (Å²) < 4.78 is 1.77. The van der Waals surface area contributed by atoms with Crippen LogP contribution in [-0.2, 0) is 13.1 Å². The molecule has 0 aliphatic carbocycles. The third kappa shape index (κ3) is 2.67. The summed E-state index contributed by atoms with van der Waals surface area (Å²) in [5.41, 5.74) is 8.19. The van der Waals surface area contributed by atoms with Crippen molar-refractivity contribution in [2.75, 3.05) is 6.54 Å². The van der Waals surface area contributed by atoms with E-state index >= 15 is 0 Å². The van der Waals surface area contributed by atoms with Crippen LogP contribution in [0.3, 0.4) is 0 Å². The number of benzene rings is 1. The lowest BCUT2D eigenvalue weighted by Gasteiger charge is -2.28. The standard InChI is InChI=1S/C17H16N6O2/c18-16(24)14-9-19-15-10-22(7-8-23(14)15)17(25)12-3-1-11(2-4-12)13-5-6-20-21-13/h1-6,9H,7-8,10H2,(H2,18,24)(H,20,21). The normalized spacial score (nSPS) is 13.5. The average Bonchev–Trinajstić information content (AvgIpc) is 3.30. The van der Waals surface area contributed by atoms with Crippen molar-refractivity contribution < 1.29 is 9.59 Å². The Morgan fingerprint density at radius 1 is 1.12 bits per heavy atom. The van der Waals surface area contributed by atoms with E-state index in [4.69, 9.17) is 5.73 Å². The van der Waals surface area contributed by atoms with E-state index in [2.05, 4.69) is 15.2 Å². The van der Waals surface area contributed by atoms with Gasteiger partial charge in [0.25, 0.3) is 11.8 Å². The minimum atomic E-state index is -0.507. The number of primary amides is 1. The molecule has 0 saturated heterocycles. The minimum Gasteiger partial charge on any atom is -0.364 e. The highest BCUT2D eigenvalue weighted by atomic mass is 16.2. The summed E-state index contributed by atoms with van der Waals surface area (Å²) in [4.78, 5) is 30.0. The Morgan fingerprint density at radius 2 is 1.92 bits per heavy atom. The highest BCUT2D eigenvalue weighted by Gasteiger charge is 2.25. The molecule has 4 rings (SSSR count). The molecule has 8 heteroatoms. The quantitative estimate of drug-likeness (QED) is 0.744. The van der Waals surface area contributed by atoms with Gasteiger partial charge >= 0.3 is 0 Å². The lowest BCUT2D eigenvalue weighted by molar-refractivity contribution is 0.0706. The van der Waals surface area contributed by atoms with Crippen LogP contribution in [0.1, 0.15) is 26.7 Å². The second-order valence-electron chi connectivity index (χ2n) is 5.85. The number of carbonyl (C=O) groups excluding carboxylic acids is 2. The number of carbonyl (C=O) groups is 2. The van der Waals surface area contributed by atoms with Crippen LogP contribution >= 0.6 is 0 Å². The van der Waals surface area contributed by atoms with Crippen LogP contribution < -0.4 is 5.73 Å². The van der Waals surface area contributed by atoms with Crippen LogP contribution in [-0.4, -0.2) is 43.0 Å². The van der Waals surface area contributed by atoms with Crippen LogP contribution in [0.15, 0.2) is 42.7 Å². The maximum Gasteiger partial charge on any atom is 0.266 e. The first-order valence-electron chi connectivity index (χ1n) is 7.87. The molecule has 3 N–H and O–H groups in total. The molecule has 0 fully saturated rings. The fourth-order valence-corrected chi connectivity index (χ4v) is 3.02. The van der Waals surface area contributed by atoms with Gasteiger partial charge in [0.05, 0.1) is 18.4 Å². The molecule has 1 aliphatic heterocycles. The summed E-state index contributed by atoms with van der Waals surface area (Å²) in [6, 6.07) is 9.24. The molecule has 126 valence electrons. The van der Waals surface area contributed by atoms with Gasteiger partial charge in [-0.3, -0.25) is 14.7 Å². The molecule has 2 aromatic heterocycles. The fraction of sp³-hybridized carbons (Fsp3) is 0.176. The predicted molar refractivity (Wildman–Crippen MR) is 89.5 cm³/mol. The van der Waals surface area contributed by atoms with Gasteiger partial charge < -0.3 is 15.2 Å². The number of amides is 2. The fourth-order valence-electron chi connectivity index (χ4n) is 3.02. The Balaban J connectivity index is 1.52. The molecule has 0 spiro atoms. The topological polar surface area (TPSA) is 110 Å². The molecule has 8 nitrogen and oxygen atoms in total. The van der Waals surface area contributed by atoms with Gasteiger partial charge in [0, 0.05) is 24.8 Å². The zero-order chi connectivity index (χ0) is 17.4.